The second kappa shape index (κ2) is 12.7. The van der Waals surface area contributed by atoms with Crippen molar-refractivity contribution < 1.29 is 13.9 Å². The SMILES string of the molecule is CCOC(=O)c1cn(-c2ccc(CNC3CCCC3)cc2)c2c(Cl)c(N3CCN(c4ccccn4)CC3)c(F)cc2c1=O. The van der Waals surface area contributed by atoms with E-state index in [1.165, 1.54) is 37.9 Å². The number of carbonyl (C=O) groups is 1. The number of aromatic nitrogens is 2. The van der Waals surface area contributed by atoms with Crippen LogP contribution in [-0.4, -0.2) is 54.3 Å². The minimum absolute atomic E-state index is 0.0240. The summed E-state index contributed by atoms with van der Waals surface area (Å²) in [6, 6.07) is 15.4. The maximum Gasteiger partial charge on any atom is 0.343 e. The van der Waals surface area contributed by atoms with Crippen molar-refractivity contribution >= 4 is 40.0 Å². The van der Waals surface area contributed by atoms with Crippen LogP contribution in [0.4, 0.5) is 15.9 Å². The van der Waals surface area contributed by atoms with Crippen molar-refractivity contribution in [2.45, 2.75) is 45.2 Å². The van der Waals surface area contributed by atoms with Crippen LogP contribution in [0.3, 0.4) is 0 Å². The van der Waals surface area contributed by atoms with Crippen molar-refractivity contribution in [1.29, 1.82) is 0 Å². The summed E-state index contributed by atoms with van der Waals surface area (Å²) >= 11 is 7.01. The second-order valence-electron chi connectivity index (χ2n) is 11.1. The number of hydrogen-bond acceptors (Lipinski definition) is 7. The van der Waals surface area contributed by atoms with Gasteiger partial charge in [0.15, 0.2) is 0 Å². The lowest BCUT2D eigenvalue weighted by Gasteiger charge is -2.37. The molecule has 0 amide bonds. The third kappa shape index (κ3) is 5.96. The Hall–Kier alpha value is -3.95. The van der Waals surface area contributed by atoms with Crippen LogP contribution in [0, 0.1) is 5.82 Å². The summed E-state index contributed by atoms with van der Waals surface area (Å²) < 4.78 is 22.7. The Morgan fingerprint density at radius 3 is 2.47 bits per heavy atom. The van der Waals surface area contributed by atoms with Gasteiger partial charge in [0.05, 0.1) is 28.2 Å². The first-order valence-corrected chi connectivity index (χ1v) is 15.3. The summed E-state index contributed by atoms with van der Waals surface area (Å²) in [5, 5.41) is 3.77. The van der Waals surface area contributed by atoms with Crippen molar-refractivity contribution in [2.24, 2.45) is 0 Å². The number of rotatable bonds is 8. The second-order valence-corrected chi connectivity index (χ2v) is 11.4. The summed E-state index contributed by atoms with van der Waals surface area (Å²) in [6.45, 7) is 4.85. The van der Waals surface area contributed by atoms with E-state index in [9.17, 15) is 9.59 Å². The van der Waals surface area contributed by atoms with Crippen molar-refractivity contribution in [1.82, 2.24) is 14.9 Å². The first-order valence-electron chi connectivity index (χ1n) is 14.9. The van der Waals surface area contributed by atoms with Crippen molar-refractivity contribution in [3.8, 4) is 5.69 Å². The number of esters is 1. The Morgan fingerprint density at radius 1 is 1.07 bits per heavy atom. The van der Waals surface area contributed by atoms with Crippen LogP contribution in [0.2, 0.25) is 5.02 Å². The molecule has 1 aliphatic heterocycles. The van der Waals surface area contributed by atoms with Gasteiger partial charge in [0.2, 0.25) is 5.43 Å². The van der Waals surface area contributed by atoms with E-state index in [0.29, 0.717) is 43.4 Å². The molecule has 0 unspecified atom stereocenters. The Morgan fingerprint density at radius 2 is 1.79 bits per heavy atom. The summed E-state index contributed by atoms with van der Waals surface area (Å²) in [5.74, 6) is -0.497. The molecule has 2 aliphatic rings. The first-order chi connectivity index (χ1) is 20.9. The van der Waals surface area contributed by atoms with Crippen LogP contribution >= 0.6 is 11.6 Å². The molecule has 4 aromatic rings. The maximum absolute atomic E-state index is 15.8. The van der Waals surface area contributed by atoms with Crippen molar-refractivity contribution in [3.63, 3.8) is 0 Å². The molecule has 1 saturated carbocycles. The molecule has 1 N–H and O–H groups in total. The minimum atomic E-state index is -0.758. The quantitative estimate of drug-likeness (QED) is 0.258. The number of nitrogens with zero attached hydrogens (tertiary/aromatic N) is 4. The van der Waals surface area contributed by atoms with E-state index < -0.39 is 17.2 Å². The van der Waals surface area contributed by atoms with Crippen LogP contribution in [0.25, 0.3) is 16.6 Å². The maximum atomic E-state index is 15.8. The number of anilines is 2. The molecule has 8 nitrogen and oxygen atoms in total. The number of carbonyl (C=O) groups excluding carboxylic acids is 1. The van der Waals surface area contributed by atoms with Gasteiger partial charge in [-0.1, -0.05) is 42.6 Å². The molecule has 43 heavy (non-hydrogen) atoms. The molecule has 0 spiro atoms. The number of benzene rings is 2. The number of nitrogens with one attached hydrogen (secondary N) is 1. The average molecular weight is 604 g/mol. The van der Waals surface area contributed by atoms with E-state index >= 15 is 4.39 Å². The third-order valence-electron chi connectivity index (χ3n) is 8.39. The fourth-order valence-electron chi connectivity index (χ4n) is 6.12. The number of fused-ring (bicyclic) bond motifs is 1. The molecule has 0 atom stereocenters. The Labute approximate surface area is 255 Å². The Kier molecular flexibility index (Phi) is 8.63. The minimum Gasteiger partial charge on any atom is -0.462 e. The van der Waals surface area contributed by atoms with Gasteiger partial charge in [-0.05, 0) is 55.7 Å². The molecule has 0 radical (unpaired) electrons. The predicted octanol–water partition coefficient (Wildman–Crippen LogP) is 5.71. The molecule has 10 heteroatoms. The van der Waals surface area contributed by atoms with Gasteiger partial charge in [0.1, 0.15) is 17.2 Å². The van der Waals surface area contributed by atoms with Gasteiger partial charge in [-0.15, -0.1) is 0 Å². The highest BCUT2D eigenvalue weighted by molar-refractivity contribution is 6.38. The topological polar surface area (TPSA) is 79.7 Å². The molecule has 3 heterocycles. The fourth-order valence-corrected chi connectivity index (χ4v) is 6.52. The van der Waals surface area contributed by atoms with Gasteiger partial charge in [0.25, 0.3) is 0 Å². The predicted molar refractivity (Wildman–Crippen MR) is 168 cm³/mol. The molecule has 224 valence electrons. The van der Waals surface area contributed by atoms with E-state index in [0.717, 1.165) is 17.9 Å². The molecule has 0 bridgehead atoms. The zero-order valence-corrected chi connectivity index (χ0v) is 24.9. The fraction of sp³-hybridized carbons (Fsp3) is 0.364. The van der Waals surface area contributed by atoms with Gasteiger partial charge >= 0.3 is 5.97 Å². The van der Waals surface area contributed by atoms with Gasteiger partial charge in [-0.25, -0.2) is 14.2 Å². The van der Waals surface area contributed by atoms with Crippen LogP contribution < -0.4 is 20.5 Å². The third-order valence-corrected chi connectivity index (χ3v) is 8.74. The summed E-state index contributed by atoms with van der Waals surface area (Å²) in [6.07, 6.45) is 8.15. The largest absolute Gasteiger partial charge is 0.462 e. The number of pyridine rings is 2. The molecule has 1 saturated heterocycles. The standard InChI is InChI=1S/C33H35ClFN5O3/c1-2-43-33(42)26-21-40(24-12-10-22(11-13-24)20-37-23-7-3-4-8-23)30-25(32(26)41)19-27(35)31(29(30)34)39-17-15-38(16-18-39)28-9-5-6-14-36-28/h5-6,9-14,19,21,23,37H,2-4,7-8,15-18,20H2,1H3. The van der Waals surface area contributed by atoms with E-state index in [1.807, 2.05) is 47.4 Å². The average Bonchev–Trinajstić information content (AvgIpc) is 3.56. The Balaban J connectivity index is 1.38. The van der Waals surface area contributed by atoms with Gasteiger partial charge in [0, 0.05) is 56.8 Å². The zero-order valence-electron chi connectivity index (χ0n) is 24.2. The molecular weight excluding hydrogens is 569 g/mol. The lowest BCUT2D eigenvalue weighted by Crippen LogP contribution is -2.47. The highest BCUT2D eigenvalue weighted by Crippen LogP contribution is 2.37. The molecule has 2 aromatic carbocycles. The summed E-state index contributed by atoms with van der Waals surface area (Å²) in [4.78, 5) is 34.8. The molecule has 6 rings (SSSR count). The smallest absolute Gasteiger partial charge is 0.343 e. The van der Waals surface area contributed by atoms with Crippen molar-refractivity contribution in [2.75, 3.05) is 42.6 Å². The van der Waals surface area contributed by atoms with Crippen LogP contribution in [0.5, 0.6) is 0 Å². The van der Waals surface area contributed by atoms with Crippen LogP contribution in [0.1, 0.15) is 48.5 Å². The lowest BCUT2D eigenvalue weighted by molar-refractivity contribution is 0.0524. The highest BCUT2D eigenvalue weighted by Gasteiger charge is 2.27. The van der Waals surface area contributed by atoms with Crippen LogP contribution in [0.15, 0.2) is 65.7 Å². The Bertz CT molecular complexity index is 1660. The normalized spacial score (nSPS) is 15.8. The molecule has 2 aromatic heterocycles. The van der Waals surface area contributed by atoms with E-state index in [4.69, 9.17) is 16.3 Å². The van der Waals surface area contributed by atoms with Crippen LogP contribution in [-0.2, 0) is 11.3 Å². The van der Waals surface area contributed by atoms with E-state index in [2.05, 4.69) is 15.2 Å². The first kappa shape index (κ1) is 29.1. The summed E-state index contributed by atoms with van der Waals surface area (Å²) in [7, 11) is 0. The van der Waals surface area contributed by atoms with E-state index in [-0.39, 0.29) is 28.3 Å². The van der Waals surface area contributed by atoms with Gasteiger partial charge in [-0.2, -0.15) is 0 Å². The summed E-state index contributed by atoms with van der Waals surface area (Å²) in [5.41, 5.74) is 1.61. The molecular formula is C33H35ClFN5O3. The van der Waals surface area contributed by atoms with Gasteiger partial charge < -0.3 is 24.4 Å². The lowest BCUT2D eigenvalue weighted by atomic mass is 10.1. The molecule has 1 aliphatic carbocycles. The highest BCUT2D eigenvalue weighted by atomic mass is 35.5. The van der Waals surface area contributed by atoms with E-state index in [1.54, 1.807) is 17.7 Å². The number of ether oxygens (including phenoxy) is 1. The number of piperazine rings is 1. The van der Waals surface area contributed by atoms with Gasteiger partial charge in [-0.3, -0.25) is 4.79 Å². The number of hydrogen-bond donors (Lipinski definition) is 1. The molecule has 2 fully saturated rings. The number of halogens is 2. The zero-order chi connectivity index (χ0) is 29.9. The van der Waals surface area contributed by atoms with Crippen molar-refractivity contribution in [3.05, 3.63) is 93.1 Å². The monoisotopic (exact) mass is 603 g/mol.